The molecular weight excluding hydrogens is 777 g/mol. The predicted molar refractivity (Wildman–Crippen MR) is 220 cm³/mol. The number of nitrogens with one attached hydrogen (secondary N) is 3. The minimum absolute atomic E-state index is 0.0277. The number of phenols is 1. The normalized spacial score (nSPS) is 22.7. The molecule has 16 heteroatoms. The van der Waals surface area contributed by atoms with Crippen molar-refractivity contribution in [2.75, 3.05) is 26.7 Å². The molecular formula is C44H48N4O12. The van der Waals surface area contributed by atoms with Crippen LogP contribution in [0.5, 0.6) is 11.5 Å². The zero-order valence-electron chi connectivity index (χ0n) is 32.7. The van der Waals surface area contributed by atoms with Crippen LogP contribution in [0.15, 0.2) is 107 Å². The number of carbonyl (C=O) groups is 3. The van der Waals surface area contributed by atoms with Gasteiger partial charge in [0.05, 0.1) is 10.9 Å². The molecule has 1 aliphatic heterocycles. The van der Waals surface area contributed by atoms with Crippen molar-refractivity contribution in [1.29, 1.82) is 0 Å². The summed E-state index contributed by atoms with van der Waals surface area (Å²) in [6.45, 7) is 0.296. The van der Waals surface area contributed by atoms with Gasteiger partial charge in [-0.1, -0.05) is 54.6 Å². The molecule has 1 saturated heterocycles. The number of aromatic hydroxyl groups is 1. The Morgan fingerprint density at radius 2 is 1.80 bits per heavy atom. The average molecular weight is 825 g/mol. The first kappa shape index (κ1) is 43.4. The van der Waals surface area contributed by atoms with Crippen molar-refractivity contribution in [3.05, 3.63) is 124 Å². The first-order chi connectivity index (χ1) is 28.8. The molecule has 0 spiro atoms. The summed E-state index contributed by atoms with van der Waals surface area (Å²) in [5.74, 6) is -3.64. The summed E-state index contributed by atoms with van der Waals surface area (Å²) < 4.78 is 17.4. The number of ether oxygens (including phenoxy) is 2. The number of aldehydes is 1. The van der Waals surface area contributed by atoms with E-state index in [1.807, 2.05) is 61.9 Å². The summed E-state index contributed by atoms with van der Waals surface area (Å²) >= 11 is 0. The summed E-state index contributed by atoms with van der Waals surface area (Å²) in [6, 6.07) is 21.0. The highest BCUT2D eigenvalue weighted by Gasteiger charge is 2.67. The van der Waals surface area contributed by atoms with Gasteiger partial charge in [-0.25, -0.2) is 4.79 Å². The molecule has 3 heterocycles. The molecule has 0 radical (unpaired) electrons. The first-order valence-corrected chi connectivity index (χ1v) is 19.3. The molecule has 60 heavy (non-hydrogen) atoms. The zero-order chi connectivity index (χ0) is 43.0. The molecule has 0 aliphatic carbocycles. The Morgan fingerprint density at radius 3 is 2.45 bits per heavy atom. The lowest BCUT2D eigenvalue weighted by Crippen LogP contribution is -2.79. The van der Waals surface area contributed by atoms with Gasteiger partial charge in [0.2, 0.25) is 17.5 Å². The Labute approximate surface area is 344 Å². The molecule has 1 aliphatic rings. The van der Waals surface area contributed by atoms with Gasteiger partial charge in [0.1, 0.15) is 23.2 Å². The van der Waals surface area contributed by atoms with E-state index in [-0.39, 0.29) is 58.3 Å². The number of carboxylic acid groups (broad SMARTS) is 1. The van der Waals surface area contributed by atoms with Crippen LogP contribution in [-0.4, -0.2) is 105 Å². The Hall–Kier alpha value is -6.14. The summed E-state index contributed by atoms with van der Waals surface area (Å²) in [5.41, 5.74) is 0.914. The molecule has 5 aromatic rings. The molecule has 2 aromatic heterocycles. The molecule has 10 N–H and O–H groups in total. The Balaban J connectivity index is 1.32. The largest absolute Gasteiger partial charge is 0.508 e. The van der Waals surface area contributed by atoms with Crippen molar-refractivity contribution in [1.82, 2.24) is 15.6 Å². The van der Waals surface area contributed by atoms with Gasteiger partial charge in [-0.15, -0.1) is 0 Å². The van der Waals surface area contributed by atoms with Crippen LogP contribution in [0, 0.1) is 11.8 Å². The van der Waals surface area contributed by atoms with Crippen molar-refractivity contribution in [2.45, 2.75) is 49.0 Å². The fourth-order valence-electron chi connectivity index (χ4n) is 7.61. The number of aromatic amines is 1. The third-order valence-electron chi connectivity index (χ3n) is 10.9. The summed E-state index contributed by atoms with van der Waals surface area (Å²) in [7, 11) is 1.86. The zero-order valence-corrected chi connectivity index (χ0v) is 32.7. The van der Waals surface area contributed by atoms with Crippen LogP contribution in [0.4, 0.5) is 0 Å². The lowest BCUT2D eigenvalue weighted by atomic mass is 9.74. The van der Waals surface area contributed by atoms with Crippen LogP contribution >= 0.6 is 0 Å². The number of carbonyl (C=O) groups excluding carboxylic acids is 2. The monoisotopic (exact) mass is 824 g/mol. The molecule has 7 atom stereocenters. The second-order valence-electron chi connectivity index (χ2n) is 14.9. The SMILES string of the molecule is CNCCC(CC=Cc1ccccc1)C(CNCC1(O)C(Oc2ccc3c(=O)c(-c4ccc(O)cc4)c(C(N)=O)oc3c2)OC(C(=O)O)C(O)C1(O)C=O)Cc1cc[nH]c1. The summed E-state index contributed by atoms with van der Waals surface area (Å²) in [6.07, 6.45) is 2.97. The number of benzene rings is 3. The number of rotatable bonds is 19. The fourth-order valence-corrected chi connectivity index (χ4v) is 7.61. The fraction of sp³-hybridized carbons (Fsp3) is 0.318. The summed E-state index contributed by atoms with van der Waals surface area (Å²) in [4.78, 5) is 54.3. The van der Waals surface area contributed by atoms with Gasteiger partial charge >= 0.3 is 5.97 Å². The molecule has 7 unspecified atom stereocenters. The van der Waals surface area contributed by atoms with E-state index in [0.717, 1.165) is 23.6 Å². The number of amides is 1. The molecule has 0 bridgehead atoms. The number of allylic oxidation sites excluding steroid dienone is 1. The van der Waals surface area contributed by atoms with Crippen LogP contribution in [0.3, 0.4) is 0 Å². The number of hydrogen-bond donors (Lipinski definition) is 9. The number of aromatic nitrogens is 1. The number of fused-ring (bicyclic) bond motifs is 1. The lowest BCUT2D eigenvalue weighted by molar-refractivity contribution is -0.334. The minimum atomic E-state index is -3.15. The molecule has 6 rings (SSSR count). The van der Waals surface area contributed by atoms with Gasteiger partial charge in [-0.3, -0.25) is 14.4 Å². The number of aliphatic hydroxyl groups is 3. The minimum Gasteiger partial charge on any atom is -0.508 e. The number of primary amides is 1. The van der Waals surface area contributed by atoms with Crippen LogP contribution in [0.1, 0.15) is 34.5 Å². The van der Waals surface area contributed by atoms with Gasteiger partial charge in [-0.05, 0) is 98.3 Å². The van der Waals surface area contributed by atoms with Crippen LogP contribution < -0.4 is 26.5 Å². The van der Waals surface area contributed by atoms with Crippen LogP contribution in [-0.2, 0) is 20.7 Å². The van der Waals surface area contributed by atoms with Gasteiger partial charge in [0, 0.05) is 25.0 Å². The lowest BCUT2D eigenvalue weighted by Gasteiger charge is -2.51. The Bertz CT molecular complexity index is 2350. The van der Waals surface area contributed by atoms with E-state index in [2.05, 4.69) is 21.7 Å². The maximum Gasteiger partial charge on any atom is 0.335 e. The van der Waals surface area contributed by atoms with Crippen molar-refractivity contribution in [3.8, 4) is 22.6 Å². The van der Waals surface area contributed by atoms with E-state index in [0.29, 0.717) is 19.4 Å². The maximum absolute atomic E-state index is 13.7. The Kier molecular flexibility index (Phi) is 13.6. The van der Waals surface area contributed by atoms with E-state index in [1.54, 1.807) is 0 Å². The molecule has 316 valence electrons. The van der Waals surface area contributed by atoms with E-state index in [9.17, 15) is 44.7 Å². The number of phenolic OH excluding ortho intramolecular Hbond substituents is 1. The smallest absolute Gasteiger partial charge is 0.335 e. The maximum atomic E-state index is 13.7. The highest BCUT2D eigenvalue weighted by molar-refractivity contribution is 5.99. The van der Waals surface area contributed by atoms with Crippen molar-refractivity contribution in [2.24, 2.45) is 17.6 Å². The van der Waals surface area contributed by atoms with Gasteiger partial charge in [0.25, 0.3) is 5.91 Å². The molecule has 0 saturated carbocycles. The van der Waals surface area contributed by atoms with Gasteiger partial charge in [0.15, 0.2) is 23.6 Å². The highest BCUT2D eigenvalue weighted by atomic mass is 16.7. The van der Waals surface area contributed by atoms with Gasteiger partial charge < -0.3 is 60.8 Å². The molecule has 16 nitrogen and oxygen atoms in total. The van der Waals surface area contributed by atoms with E-state index >= 15 is 0 Å². The van der Waals surface area contributed by atoms with E-state index in [4.69, 9.17) is 19.6 Å². The third-order valence-corrected chi connectivity index (χ3v) is 10.9. The number of nitrogens with two attached hydrogens (primary N) is 1. The van der Waals surface area contributed by atoms with Crippen molar-refractivity contribution >= 4 is 35.2 Å². The number of aliphatic hydroxyl groups excluding tert-OH is 1. The predicted octanol–water partition coefficient (Wildman–Crippen LogP) is 2.58. The van der Waals surface area contributed by atoms with E-state index in [1.165, 1.54) is 36.4 Å². The number of H-pyrrole nitrogens is 1. The second-order valence-corrected chi connectivity index (χ2v) is 14.9. The molecule has 1 fully saturated rings. The van der Waals surface area contributed by atoms with Crippen molar-refractivity contribution in [3.63, 3.8) is 0 Å². The topological polar surface area (TPSA) is 267 Å². The first-order valence-electron chi connectivity index (χ1n) is 19.3. The quantitative estimate of drug-likeness (QED) is 0.0542. The second kappa shape index (κ2) is 18.8. The van der Waals surface area contributed by atoms with Crippen LogP contribution in [0.25, 0.3) is 28.2 Å². The van der Waals surface area contributed by atoms with Crippen LogP contribution in [0.2, 0.25) is 0 Å². The summed E-state index contributed by atoms with van der Waals surface area (Å²) in [5, 5.41) is 61.2. The highest BCUT2D eigenvalue weighted by Crippen LogP contribution is 2.39. The number of carboxylic acids is 1. The standard InChI is InChI=1S/C44H48N4O12/c1-46-18-17-28(9-5-8-26-6-3-2-4-7-26)30(20-27-16-19-47-22-27)23-48-24-43(56)42(60-38(41(54)55)39(52)44(43,57)25-49)58-32-14-15-33-34(21-32)59-37(40(45)53)35(36(33)51)29-10-12-31(50)13-11-29/h2-8,10-16,19,21-22,25,28,30,38-39,42,46-48,50,52,56-57H,9,17-18,20,23-24H2,1H3,(H2,45,53)(H,54,55). The number of hydrogen-bond acceptors (Lipinski definition) is 13. The van der Waals surface area contributed by atoms with E-state index < -0.39 is 59.3 Å². The Morgan fingerprint density at radius 1 is 1.05 bits per heavy atom. The third kappa shape index (κ3) is 9.18. The number of aliphatic carboxylic acids is 1. The molecule has 1 amide bonds. The average Bonchev–Trinajstić information content (AvgIpc) is 3.76. The van der Waals surface area contributed by atoms with Gasteiger partial charge in [-0.2, -0.15) is 0 Å². The molecule has 3 aromatic carbocycles. The van der Waals surface area contributed by atoms with Crippen molar-refractivity contribution < 1.29 is 53.8 Å².